The van der Waals surface area contributed by atoms with Gasteiger partial charge in [0.15, 0.2) is 0 Å². The predicted octanol–water partition coefficient (Wildman–Crippen LogP) is 9.81. The van der Waals surface area contributed by atoms with E-state index in [2.05, 4.69) is 139 Å². The number of benzene rings is 5. The lowest BCUT2D eigenvalue weighted by Gasteiger charge is -2.42. The summed E-state index contributed by atoms with van der Waals surface area (Å²) in [6.45, 7) is 4.74. The largest absolute Gasteiger partial charge is 0.354 e. The van der Waals surface area contributed by atoms with E-state index in [1.54, 1.807) is 0 Å². The number of aromatic nitrogens is 1. The van der Waals surface area contributed by atoms with Gasteiger partial charge in [0.05, 0.1) is 17.1 Å². The van der Waals surface area contributed by atoms with E-state index >= 15 is 0 Å². The summed E-state index contributed by atoms with van der Waals surface area (Å²) in [4.78, 5) is 6.26. The maximum absolute atomic E-state index is 3.83. The Balaban J connectivity index is 1.33. The molecule has 0 saturated heterocycles. The topological polar surface area (TPSA) is 19.0 Å². The Labute approximate surface area is 229 Å². The third-order valence-electron chi connectivity index (χ3n) is 8.86. The fourth-order valence-corrected chi connectivity index (χ4v) is 6.97. The van der Waals surface area contributed by atoms with Crippen molar-refractivity contribution in [1.82, 2.24) is 4.98 Å². The van der Waals surface area contributed by atoms with Gasteiger partial charge in [-0.3, -0.25) is 0 Å². The molecule has 0 radical (unpaired) electrons. The smallest absolute Gasteiger partial charge is 0.0503 e. The zero-order chi connectivity index (χ0) is 26.1. The number of fused-ring (bicyclic) bond motifs is 7. The minimum absolute atomic E-state index is 0.123. The lowest BCUT2D eigenvalue weighted by molar-refractivity contribution is 0.631. The molecule has 188 valence electrons. The molecule has 2 heterocycles. The van der Waals surface area contributed by atoms with Crippen LogP contribution in [0.1, 0.15) is 48.2 Å². The number of hydrogen-bond acceptors (Lipinski definition) is 1. The van der Waals surface area contributed by atoms with Crippen molar-refractivity contribution in [1.29, 1.82) is 0 Å². The van der Waals surface area contributed by atoms with Crippen LogP contribution in [-0.4, -0.2) is 4.98 Å². The van der Waals surface area contributed by atoms with Crippen LogP contribution in [0.4, 0.5) is 17.1 Å². The predicted molar refractivity (Wildman–Crippen MR) is 164 cm³/mol. The number of allylic oxidation sites excluding steroid dienone is 1. The van der Waals surface area contributed by atoms with E-state index in [4.69, 9.17) is 0 Å². The van der Waals surface area contributed by atoms with Gasteiger partial charge >= 0.3 is 0 Å². The van der Waals surface area contributed by atoms with Crippen LogP contribution in [0, 0.1) is 0 Å². The molecule has 6 aromatic rings. The molecule has 0 saturated carbocycles. The maximum Gasteiger partial charge on any atom is 0.0503 e. The molecule has 2 aliphatic rings. The second-order valence-electron chi connectivity index (χ2n) is 11.4. The first-order valence-corrected chi connectivity index (χ1v) is 13.9. The van der Waals surface area contributed by atoms with Gasteiger partial charge in [-0.2, -0.15) is 0 Å². The molecule has 1 aromatic heterocycles. The number of anilines is 3. The molecular formula is C37H30N2. The Morgan fingerprint density at radius 2 is 1.49 bits per heavy atom. The van der Waals surface area contributed by atoms with Crippen LogP contribution in [0.5, 0.6) is 0 Å². The molecule has 0 spiro atoms. The van der Waals surface area contributed by atoms with Gasteiger partial charge in [0.2, 0.25) is 0 Å². The quantitative estimate of drug-likeness (QED) is 0.250. The molecule has 8 rings (SSSR count). The first-order valence-electron chi connectivity index (χ1n) is 13.9. The minimum atomic E-state index is -0.123. The summed E-state index contributed by atoms with van der Waals surface area (Å²) >= 11 is 0. The molecule has 2 nitrogen and oxygen atoms in total. The summed E-state index contributed by atoms with van der Waals surface area (Å²) in [5, 5.41) is 4.03. The van der Waals surface area contributed by atoms with Crippen molar-refractivity contribution in [2.75, 3.05) is 4.90 Å². The van der Waals surface area contributed by atoms with Crippen LogP contribution in [0.3, 0.4) is 0 Å². The molecule has 0 amide bonds. The fraction of sp³-hybridized carbons (Fsp3) is 0.135. The van der Waals surface area contributed by atoms with E-state index in [9.17, 15) is 0 Å². The van der Waals surface area contributed by atoms with Crippen LogP contribution in [0.25, 0.3) is 27.2 Å². The monoisotopic (exact) mass is 502 g/mol. The zero-order valence-electron chi connectivity index (χ0n) is 22.3. The molecule has 5 aromatic carbocycles. The number of aromatic amines is 1. The summed E-state index contributed by atoms with van der Waals surface area (Å²) in [6, 6.07) is 40.0. The van der Waals surface area contributed by atoms with Crippen LogP contribution < -0.4 is 4.90 Å². The fourth-order valence-electron chi connectivity index (χ4n) is 6.97. The number of aryl methyl sites for hydroxylation is 1. The van der Waals surface area contributed by atoms with Gasteiger partial charge in [-0.05, 0) is 82.3 Å². The maximum atomic E-state index is 3.83. The molecule has 1 aliphatic carbocycles. The second kappa shape index (κ2) is 8.22. The van der Waals surface area contributed by atoms with Crippen LogP contribution in [0.2, 0.25) is 0 Å². The average Bonchev–Trinajstić information content (AvgIpc) is 3.37. The molecule has 39 heavy (non-hydrogen) atoms. The molecule has 0 atom stereocenters. The first-order chi connectivity index (χ1) is 19.1. The average molecular weight is 503 g/mol. The van der Waals surface area contributed by atoms with Gasteiger partial charge in [-0.1, -0.05) is 92.7 Å². The molecule has 2 heteroatoms. The van der Waals surface area contributed by atoms with Gasteiger partial charge in [-0.15, -0.1) is 0 Å². The van der Waals surface area contributed by atoms with Crippen LogP contribution >= 0.6 is 0 Å². The normalized spacial score (nSPS) is 15.5. The summed E-state index contributed by atoms with van der Waals surface area (Å²) in [6.07, 6.45) is 4.55. The first kappa shape index (κ1) is 22.4. The molecular weight excluding hydrogens is 472 g/mol. The summed E-state index contributed by atoms with van der Waals surface area (Å²) in [7, 11) is 0. The number of para-hydroxylation sites is 2. The number of nitrogens with zero attached hydrogens (tertiary/aromatic N) is 1. The highest BCUT2D eigenvalue weighted by atomic mass is 15.2. The Hall–Kier alpha value is -4.56. The van der Waals surface area contributed by atoms with Crippen LogP contribution in [-0.2, 0) is 11.8 Å². The van der Waals surface area contributed by atoms with Crippen molar-refractivity contribution in [2.24, 2.45) is 0 Å². The van der Waals surface area contributed by atoms with Crippen molar-refractivity contribution in [3.63, 3.8) is 0 Å². The van der Waals surface area contributed by atoms with Crippen molar-refractivity contribution in [3.8, 4) is 0 Å². The highest BCUT2D eigenvalue weighted by Crippen LogP contribution is 2.52. The summed E-state index contributed by atoms with van der Waals surface area (Å²) in [5.41, 5.74) is 12.9. The number of rotatable bonds is 2. The number of hydrogen-bond donors (Lipinski definition) is 1. The van der Waals surface area contributed by atoms with Gasteiger partial charge in [-0.25, -0.2) is 0 Å². The zero-order valence-corrected chi connectivity index (χ0v) is 22.3. The lowest BCUT2D eigenvalue weighted by Crippen LogP contribution is -2.30. The highest BCUT2D eigenvalue weighted by Gasteiger charge is 2.37. The van der Waals surface area contributed by atoms with Crippen LogP contribution in [0.15, 0.2) is 115 Å². The number of nitrogens with one attached hydrogen (secondary N) is 1. The third kappa shape index (κ3) is 3.21. The van der Waals surface area contributed by atoms with Gasteiger partial charge in [0.25, 0.3) is 0 Å². The molecule has 1 aliphatic heterocycles. The van der Waals surface area contributed by atoms with Crippen molar-refractivity contribution in [3.05, 3.63) is 143 Å². The van der Waals surface area contributed by atoms with E-state index in [-0.39, 0.29) is 5.41 Å². The van der Waals surface area contributed by atoms with E-state index in [0.29, 0.717) is 0 Å². The van der Waals surface area contributed by atoms with E-state index in [1.807, 2.05) is 0 Å². The highest BCUT2D eigenvalue weighted by molar-refractivity contribution is 6.10. The summed E-state index contributed by atoms with van der Waals surface area (Å²) in [5.74, 6) is 0. The Morgan fingerprint density at radius 3 is 2.38 bits per heavy atom. The van der Waals surface area contributed by atoms with Crippen molar-refractivity contribution >= 4 is 44.3 Å². The van der Waals surface area contributed by atoms with E-state index in [0.717, 1.165) is 12.8 Å². The standard InChI is InChI=1S/C37H30N2/c1-37(2)30-17-8-9-18-33(30)39(26-12-4-3-5-13-26)34-22-20-25(23-31(34)37)28-15-10-16-29-35-27-14-7-6-11-24(27)19-21-32(35)38-36(28)29/h3-9,11-15,17-23,38H,10,16H2,1-2H3. The molecule has 1 N–H and O–H groups in total. The van der Waals surface area contributed by atoms with E-state index in [1.165, 1.54) is 72.3 Å². The number of H-pyrrole nitrogens is 1. The lowest BCUT2D eigenvalue weighted by atomic mass is 9.72. The molecule has 0 fully saturated rings. The van der Waals surface area contributed by atoms with Crippen molar-refractivity contribution < 1.29 is 0 Å². The minimum Gasteiger partial charge on any atom is -0.354 e. The second-order valence-corrected chi connectivity index (χ2v) is 11.4. The Kier molecular flexibility index (Phi) is 4.73. The van der Waals surface area contributed by atoms with Gasteiger partial charge < -0.3 is 9.88 Å². The third-order valence-corrected chi connectivity index (χ3v) is 8.86. The van der Waals surface area contributed by atoms with Gasteiger partial charge in [0.1, 0.15) is 0 Å². The summed E-state index contributed by atoms with van der Waals surface area (Å²) < 4.78 is 0. The van der Waals surface area contributed by atoms with Gasteiger partial charge in [0, 0.05) is 27.6 Å². The Morgan fingerprint density at radius 1 is 0.718 bits per heavy atom. The molecule has 0 unspecified atom stereocenters. The SMILES string of the molecule is CC1(C)c2ccccc2N(c2ccccc2)c2ccc(C3=CCCc4c3[nH]c3ccc5ccccc5c43)cc21. The van der Waals surface area contributed by atoms with Crippen molar-refractivity contribution in [2.45, 2.75) is 32.1 Å². The molecule has 0 bridgehead atoms. The van der Waals surface area contributed by atoms with E-state index < -0.39 is 0 Å². The Bertz CT molecular complexity index is 1940.